The quantitative estimate of drug-likeness (QED) is 0.782. The van der Waals surface area contributed by atoms with Crippen LogP contribution >= 0.6 is 0 Å². The zero-order valence-electron chi connectivity index (χ0n) is 10.5. The van der Waals surface area contributed by atoms with Gasteiger partial charge >= 0.3 is 5.97 Å². The molecule has 19 heavy (non-hydrogen) atoms. The molecule has 1 atom stereocenters. The molecule has 2 rings (SSSR count). The highest BCUT2D eigenvalue weighted by Crippen LogP contribution is 2.19. The Balaban J connectivity index is 2.10. The Morgan fingerprint density at radius 3 is 2.37 bits per heavy atom. The summed E-state index contributed by atoms with van der Waals surface area (Å²) in [6.45, 7) is 0. The average molecular weight is 282 g/mol. The first-order chi connectivity index (χ1) is 8.88. The van der Waals surface area contributed by atoms with Gasteiger partial charge in [0.2, 0.25) is 0 Å². The predicted molar refractivity (Wildman–Crippen MR) is 67.6 cm³/mol. The minimum absolute atomic E-state index is 0.0545. The van der Waals surface area contributed by atoms with Gasteiger partial charge in [-0.1, -0.05) is 0 Å². The number of hydrogen-bond acceptors (Lipinski definition) is 5. The Morgan fingerprint density at radius 1 is 1.26 bits per heavy atom. The van der Waals surface area contributed by atoms with Crippen LogP contribution in [0, 0.1) is 0 Å². The fourth-order valence-electron chi connectivity index (χ4n) is 1.94. The van der Waals surface area contributed by atoms with Crippen LogP contribution in [0.4, 0.5) is 0 Å². The molecule has 0 heterocycles. The van der Waals surface area contributed by atoms with Crippen molar-refractivity contribution in [3.05, 3.63) is 29.8 Å². The summed E-state index contributed by atoms with van der Waals surface area (Å²) in [5.74, 6) is -0.651. The van der Waals surface area contributed by atoms with E-state index in [9.17, 15) is 18.0 Å². The van der Waals surface area contributed by atoms with E-state index in [0.717, 1.165) is 12.7 Å². The van der Waals surface area contributed by atoms with Crippen molar-refractivity contribution in [2.75, 3.05) is 6.26 Å². The maximum absolute atomic E-state index is 11.8. The third-order valence-corrected chi connectivity index (χ3v) is 4.14. The lowest BCUT2D eigenvalue weighted by molar-refractivity contribution is -0.124. The number of rotatable bonds is 3. The summed E-state index contributed by atoms with van der Waals surface area (Å²) in [5, 5.41) is 0. The predicted octanol–water partition coefficient (Wildman–Crippen LogP) is 1.37. The molecule has 0 spiro atoms. The second-order valence-electron chi connectivity index (χ2n) is 4.55. The Hall–Kier alpha value is -1.69. The van der Waals surface area contributed by atoms with Gasteiger partial charge in [0.15, 0.2) is 21.7 Å². The van der Waals surface area contributed by atoms with Gasteiger partial charge in [-0.05, 0) is 37.1 Å². The van der Waals surface area contributed by atoms with Crippen LogP contribution in [0.2, 0.25) is 0 Å². The molecule has 0 aliphatic heterocycles. The fourth-order valence-corrected chi connectivity index (χ4v) is 2.57. The Labute approximate surface area is 111 Å². The monoisotopic (exact) mass is 282 g/mol. The largest absolute Gasteiger partial charge is 0.451 e. The number of carbonyl (C=O) groups is 2. The van der Waals surface area contributed by atoms with Crippen LogP contribution in [0.5, 0.6) is 0 Å². The summed E-state index contributed by atoms with van der Waals surface area (Å²) in [6, 6.07) is 5.47. The molecule has 0 radical (unpaired) electrons. The molecule has 5 nitrogen and oxygen atoms in total. The summed E-state index contributed by atoms with van der Waals surface area (Å²) in [4.78, 5) is 23.3. The van der Waals surface area contributed by atoms with Gasteiger partial charge in [-0.15, -0.1) is 0 Å². The number of ketones is 1. The minimum Gasteiger partial charge on any atom is -0.451 e. The molecular formula is C13H14O5S. The van der Waals surface area contributed by atoms with E-state index in [4.69, 9.17) is 4.74 Å². The van der Waals surface area contributed by atoms with Crippen molar-refractivity contribution in [3.8, 4) is 0 Å². The van der Waals surface area contributed by atoms with Gasteiger partial charge in [-0.3, -0.25) is 4.79 Å². The van der Waals surface area contributed by atoms with E-state index in [-0.39, 0.29) is 16.2 Å². The number of sulfone groups is 1. The summed E-state index contributed by atoms with van der Waals surface area (Å²) < 4.78 is 27.6. The Bertz CT molecular complexity index is 600. The van der Waals surface area contributed by atoms with E-state index in [2.05, 4.69) is 0 Å². The number of Topliss-reactive ketones (excluding diaryl/α,β-unsaturated/α-hetero) is 1. The third-order valence-electron chi connectivity index (χ3n) is 3.02. The van der Waals surface area contributed by atoms with Crippen LogP contribution in [0.3, 0.4) is 0 Å². The van der Waals surface area contributed by atoms with Crippen molar-refractivity contribution in [3.63, 3.8) is 0 Å². The molecular weight excluding hydrogens is 268 g/mol. The van der Waals surface area contributed by atoms with Crippen molar-refractivity contribution in [2.24, 2.45) is 0 Å². The second-order valence-corrected chi connectivity index (χ2v) is 6.56. The van der Waals surface area contributed by atoms with E-state index in [1.54, 1.807) is 0 Å². The lowest BCUT2D eigenvalue weighted by Crippen LogP contribution is -2.22. The Morgan fingerprint density at radius 2 is 1.89 bits per heavy atom. The van der Waals surface area contributed by atoms with Crippen LogP contribution < -0.4 is 0 Å². The van der Waals surface area contributed by atoms with Gasteiger partial charge in [0, 0.05) is 12.7 Å². The maximum atomic E-state index is 11.8. The highest BCUT2D eigenvalue weighted by molar-refractivity contribution is 7.90. The molecule has 1 aliphatic carbocycles. The van der Waals surface area contributed by atoms with Crippen LogP contribution in [0.15, 0.2) is 29.2 Å². The van der Waals surface area contributed by atoms with E-state index in [0.29, 0.717) is 12.8 Å². The van der Waals surface area contributed by atoms with Crippen molar-refractivity contribution in [1.29, 1.82) is 0 Å². The van der Waals surface area contributed by atoms with Crippen LogP contribution in [0.25, 0.3) is 0 Å². The third kappa shape index (κ3) is 3.20. The molecule has 0 N–H and O–H groups in total. The number of benzene rings is 1. The van der Waals surface area contributed by atoms with Gasteiger partial charge in [0.05, 0.1) is 10.5 Å². The van der Waals surface area contributed by atoms with Crippen LogP contribution in [-0.4, -0.2) is 32.5 Å². The molecule has 0 unspecified atom stereocenters. The Kier molecular flexibility index (Phi) is 3.71. The topological polar surface area (TPSA) is 77.5 Å². The first kappa shape index (κ1) is 13.7. The molecule has 1 saturated carbocycles. The summed E-state index contributed by atoms with van der Waals surface area (Å²) in [7, 11) is -3.28. The van der Waals surface area contributed by atoms with Gasteiger partial charge in [0.25, 0.3) is 0 Å². The normalized spacial score (nSPS) is 19.4. The van der Waals surface area contributed by atoms with Gasteiger partial charge in [0.1, 0.15) is 0 Å². The van der Waals surface area contributed by atoms with Gasteiger partial charge in [-0.2, -0.15) is 0 Å². The van der Waals surface area contributed by atoms with Crippen LogP contribution in [-0.2, 0) is 19.4 Å². The molecule has 6 heteroatoms. The second kappa shape index (κ2) is 5.13. The maximum Gasteiger partial charge on any atom is 0.338 e. The van der Waals surface area contributed by atoms with Crippen molar-refractivity contribution in [1.82, 2.24) is 0 Å². The number of carbonyl (C=O) groups excluding carboxylic acids is 2. The lowest BCUT2D eigenvalue weighted by Gasteiger charge is -2.10. The van der Waals surface area contributed by atoms with Crippen LogP contribution in [0.1, 0.15) is 29.6 Å². The first-order valence-corrected chi connectivity index (χ1v) is 7.81. The van der Waals surface area contributed by atoms with Crippen molar-refractivity contribution >= 4 is 21.6 Å². The zero-order chi connectivity index (χ0) is 14.0. The summed E-state index contributed by atoms with van der Waals surface area (Å²) in [5.41, 5.74) is 0.243. The standard InChI is InChI=1S/C13H14O5S/c1-19(16,17)10-7-5-9(6-8-10)13(15)18-12-4-2-3-11(12)14/h5-8,12H,2-4H2,1H3/t12-/m0/s1. The highest BCUT2D eigenvalue weighted by atomic mass is 32.2. The van der Waals surface area contributed by atoms with E-state index in [1.165, 1.54) is 24.3 Å². The molecule has 1 aromatic rings. The lowest BCUT2D eigenvalue weighted by atomic mass is 10.2. The molecule has 0 saturated heterocycles. The van der Waals surface area contributed by atoms with E-state index >= 15 is 0 Å². The number of ether oxygens (including phenoxy) is 1. The molecule has 0 bridgehead atoms. The first-order valence-electron chi connectivity index (χ1n) is 5.92. The smallest absolute Gasteiger partial charge is 0.338 e. The zero-order valence-corrected chi connectivity index (χ0v) is 11.3. The number of hydrogen-bond donors (Lipinski definition) is 0. The van der Waals surface area contributed by atoms with Crippen molar-refractivity contribution < 1.29 is 22.7 Å². The summed E-state index contributed by atoms with van der Waals surface area (Å²) >= 11 is 0. The molecule has 1 aromatic carbocycles. The number of esters is 1. The molecule has 1 aliphatic rings. The SMILES string of the molecule is CS(=O)(=O)c1ccc(C(=O)O[C@H]2CCCC2=O)cc1. The van der Waals surface area contributed by atoms with Crippen molar-refractivity contribution in [2.45, 2.75) is 30.3 Å². The average Bonchev–Trinajstić information content (AvgIpc) is 2.74. The fraction of sp³-hybridized carbons (Fsp3) is 0.385. The minimum atomic E-state index is -3.28. The molecule has 1 fully saturated rings. The molecule has 0 amide bonds. The highest BCUT2D eigenvalue weighted by Gasteiger charge is 2.28. The van der Waals surface area contributed by atoms with E-state index in [1.807, 2.05) is 0 Å². The molecule has 0 aromatic heterocycles. The molecule has 102 valence electrons. The summed E-state index contributed by atoms with van der Waals surface area (Å²) in [6.07, 6.45) is 2.19. The van der Waals surface area contributed by atoms with Gasteiger partial charge < -0.3 is 4.74 Å². The van der Waals surface area contributed by atoms with E-state index < -0.39 is 21.9 Å². The van der Waals surface area contributed by atoms with Gasteiger partial charge in [-0.25, -0.2) is 13.2 Å².